The Morgan fingerprint density at radius 3 is 2.50 bits per heavy atom. The molecule has 0 amide bonds. The van der Waals surface area contributed by atoms with Gasteiger partial charge in [-0.2, -0.15) is 0 Å². The zero-order valence-corrected chi connectivity index (χ0v) is 19.3. The lowest BCUT2D eigenvalue weighted by Crippen LogP contribution is -2.63. The van der Waals surface area contributed by atoms with Gasteiger partial charge in [0.1, 0.15) is 11.9 Å². The molecule has 0 spiro atoms. The molecule has 0 bridgehead atoms. The van der Waals surface area contributed by atoms with Crippen LogP contribution in [0.2, 0.25) is 0 Å². The van der Waals surface area contributed by atoms with Gasteiger partial charge in [0.2, 0.25) is 17.2 Å². The molecule has 6 rings (SSSR count). The Morgan fingerprint density at radius 1 is 1.06 bits per heavy atom. The van der Waals surface area contributed by atoms with Crippen LogP contribution in [0.5, 0.6) is 5.75 Å². The van der Waals surface area contributed by atoms with Gasteiger partial charge in [-0.3, -0.25) is 14.4 Å². The minimum absolute atomic E-state index is 0.00912. The molecule has 5 aliphatic rings. The number of hydrogen-bond donors (Lipinski definition) is 2. The van der Waals surface area contributed by atoms with Crippen molar-refractivity contribution in [3.05, 3.63) is 28.8 Å². The quantitative estimate of drug-likeness (QED) is 0.462. The van der Waals surface area contributed by atoms with E-state index in [0.717, 1.165) is 0 Å². The van der Waals surface area contributed by atoms with Gasteiger partial charge in [0.15, 0.2) is 11.7 Å². The van der Waals surface area contributed by atoms with Gasteiger partial charge < -0.3 is 34.1 Å². The van der Waals surface area contributed by atoms with Crippen LogP contribution in [0, 0.1) is 0 Å². The number of hydrogen-bond acceptors (Lipinski definition) is 10. The van der Waals surface area contributed by atoms with E-state index in [2.05, 4.69) is 0 Å². The van der Waals surface area contributed by atoms with Crippen LogP contribution in [0.1, 0.15) is 59.1 Å². The summed E-state index contributed by atoms with van der Waals surface area (Å²) in [6.07, 6.45) is -3.92. The molecule has 4 saturated heterocycles. The normalized spacial score (nSPS) is 44.8. The van der Waals surface area contributed by atoms with Crippen molar-refractivity contribution in [3.63, 3.8) is 0 Å². The number of esters is 1. The van der Waals surface area contributed by atoms with Crippen molar-refractivity contribution in [2.24, 2.45) is 0 Å². The predicted molar refractivity (Wildman–Crippen MR) is 114 cm³/mol. The maximum atomic E-state index is 13.8. The van der Waals surface area contributed by atoms with Gasteiger partial charge in [-0.1, -0.05) is 6.07 Å². The Hall–Kier alpha value is -2.37. The second-order valence-electron chi connectivity index (χ2n) is 10.2. The third-order valence-corrected chi connectivity index (χ3v) is 8.22. The Balaban J connectivity index is 1.43. The molecule has 2 N–H and O–H groups in total. The summed E-state index contributed by atoms with van der Waals surface area (Å²) in [6, 6.07) is 2.86. The number of carbonyl (C=O) groups is 3. The average Bonchev–Trinajstić information content (AvgIpc) is 3.39. The smallest absolute Gasteiger partial charge is 0.309 e. The van der Waals surface area contributed by atoms with Crippen molar-refractivity contribution in [3.8, 4) is 5.75 Å². The molecule has 4 heterocycles. The zero-order chi connectivity index (χ0) is 24.3. The second kappa shape index (κ2) is 6.86. The third-order valence-electron chi connectivity index (χ3n) is 8.22. The van der Waals surface area contributed by atoms with E-state index in [1.54, 1.807) is 19.9 Å². The number of likely N-dealkylation sites (N-methyl/N-ethyl adjacent to an activating group) is 1. The SMILES string of the molecule is C[C@@H]1O[C@@H](c2ccc3c(c2O)C(=O)[C@@]24O[C@]2(C3=O)[C@H]2OC(=O)C[C@H]2O[C@@H]4C)C[C@H](N(C)C)[C@@H]1O. The Labute approximate surface area is 195 Å². The molecule has 0 unspecified atom stereocenters. The van der Waals surface area contributed by atoms with Crippen LogP contribution in [-0.4, -0.2) is 94.5 Å². The number of aliphatic hydroxyl groups excluding tert-OH is 1. The highest BCUT2D eigenvalue weighted by Gasteiger charge is 2.90. The van der Waals surface area contributed by atoms with Gasteiger partial charge in [0.25, 0.3) is 0 Å². The van der Waals surface area contributed by atoms with E-state index < -0.39 is 65.4 Å². The van der Waals surface area contributed by atoms with E-state index in [1.165, 1.54) is 6.07 Å². The number of phenols is 1. The fraction of sp³-hybridized carbons (Fsp3) is 0.625. The van der Waals surface area contributed by atoms with Crippen molar-refractivity contribution < 1.29 is 43.5 Å². The summed E-state index contributed by atoms with van der Waals surface area (Å²) in [6.45, 7) is 3.38. The van der Waals surface area contributed by atoms with Crippen LogP contribution in [0.15, 0.2) is 12.1 Å². The number of phenolic OH excluding ortho intramolecular Hbond substituents is 1. The monoisotopic (exact) mass is 473 g/mol. The number of benzene rings is 1. The first kappa shape index (κ1) is 22.1. The van der Waals surface area contributed by atoms with Gasteiger partial charge in [-0.15, -0.1) is 0 Å². The van der Waals surface area contributed by atoms with Crippen LogP contribution in [-0.2, 0) is 23.7 Å². The molecule has 4 fully saturated rings. The molecule has 34 heavy (non-hydrogen) atoms. The third kappa shape index (κ3) is 2.45. The van der Waals surface area contributed by atoms with E-state index >= 15 is 0 Å². The lowest BCUT2D eigenvalue weighted by atomic mass is 9.66. The molecular weight excluding hydrogens is 446 g/mol. The first-order valence-electron chi connectivity index (χ1n) is 11.5. The Morgan fingerprint density at radius 2 is 1.79 bits per heavy atom. The molecule has 10 heteroatoms. The van der Waals surface area contributed by atoms with Crippen LogP contribution < -0.4 is 0 Å². The lowest BCUT2D eigenvalue weighted by molar-refractivity contribution is -0.146. The minimum atomic E-state index is -1.65. The summed E-state index contributed by atoms with van der Waals surface area (Å²) in [4.78, 5) is 41.4. The van der Waals surface area contributed by atoms with Crippen molar-refractivity contribution in [2.45, 2.75) is 80.6 Å². The summed E-state index contributed by atoms with van der Waals surface area (Å²) in [5.41, 5.74) is -3.01. The van der Waals surface area contributed by atoms with Gasteiger partial charge in [-0.05, 0) is 40.4 Å². The van der Waals surface area contributed by atoms with Crippen LogP contribution in [0.3, 0.4) is 0 Å². The fourth-order valence-electron chi connectivity index (χ4n) is 6.44. The number of aromatic hydroxyl groups is 1. The highest BCUT2D eigenvalue weighted by atomic mass is 16.7. The first-order chi connectivity index (χ1) is 16.0. The van der Waals surface area contributed by atoms with Crippen LogP contribution in [0.25, 0.3) is 0 Å². The first-order valence-corrected chi connectivity index (χ1v) is 11.5. The van der Waals surface area contributed by atoms with Gasteiger partial charge in [-0.25, -0.2) is 0 Å². The van der Waals surface area contributed by atoms with Crippen molar-refractivity contribution in [1.82, 2.24) is 4.90 Å². The summed E-state index contributed by atoms with van der Waals surface area (Å²) in [5, 5.41) is 21.8. The summed E-state index contributed by atoms with van der Waals surface area (Å²) in [7, 11) is 3.71. The number of rotatable bonds is 2. The summed E-state index contributed by atoms with van der Waals surface area (Å²) < 4.78 is 23.2. The van der Waals surface area contributed by atoms with Gasteiger partial charge >= 0.3 is 5.97 Å². The number of fused-ring (bicyclic) bond motifs is 2. The van der Waals surface area contributed by atoms with Crippen LogP contribution >= 0.6 is 0 Å². The minimum Gasteiger partial charge on any atom is -0.507 e. The topological polar surface area (TPSA) is 135 Å². The van der Waals surface area contributed by atoms with E-state index in [4.69, 9.17) is 18.9 Å². The van der Waals surface area contributed by atoms with Gasteiger partial charge in [0, 0.05) is 17.2 Å². The predicted octanol–water partition coefficient (Wildman–Crippen LogP) is 0.523. The largest absolute Gasteiger partial charge is 0.507 e. The fourth-order valence-corrected chi connectivity index (χ4v) is 6.44. The molecule has 9 atom stereocenters. The highest BCUT2D eigenvalue weighted by molar-refractivity contribution is 6.27. The number of epoxide rings is 1. The van der Waals surface area contributed by atoms with Crippen molar-refractivity contribution >= 4 is 17.5 Å². The lowest BCUT2D eigenvalue weighted by Gasteiger charge is -2.42. The summed E-state index contributed by atoms with van der Waals surface area (Å²) in [5.74, 6) is -1.90. The molecule has 1 aromatic rings. The molecule has 182 valence electrons. The maximum absolute atomic E-state index is 13.8. The molecule has 0 saturated carbocycles. The number of carbonyl (C=O) groups excluding carboxylic acids is 3. The zero-order valence-electron chi connectivity index (χ0n) is 19.3. The molecule has 10 nitrogen and oxygen atoms in total. The average molecular weight is 473 g/mol. The Bertz CT molecular complexity index is 1130. The standard InChI is InChI=1S/C24H27NO9/c1-9-18(27)13(25(3)4)7-14(31-9)11-5-6-12-17(19(11)28)21(30)23-10(2)32-15-8-16(26)33-22(15)24(23,34-23)20(12)29/h5-6,9-10,13-15,18,22,27-28H,7-8H2,1-4H3/t9-,10+,13-,14+,15+,18+,22-,23+,24+/m0/s1. The van der Waals surface area contributed by atoms with Gasteiger partial charge in [0.05, 0.1) is 36.4 Å². The number of ether oxygens (including phenoxy) is 4. The molecule has 1 aliphatic carbocycles. The second-order valence-corrected chi connectivity index (χ2v) is 10.2. The number of aliphatic hydroxyl groups is 1. The molecule has 1 aromatic carbocycles. The summed E-state index contributed by atoms with van der Waals surface area (Å²) >= 11 is 0. The number of ketones is 2. The number of Topliss-reactive ketones (excluding diaryl/α,β-unsaturated/α-hetero) is 2. The molecular formula is C24H27NO9. The number of nitrogens with zero attached hydrogens (tertiary/aromatic N) is 1. The van der Waals surface area contributed by atoms with Crippen molar-refractivity contribution in [2.75, 3.05) is 14.1 Å². The maximum Gasteiger partial charge on any atom is 0.309 e. The van der Waals surface area contributed by atoms with E-state index in [9.17, 15) is 24.6 Å². The van der Waals surface area contributed by atoms with E-state index in [0.29, 0.717) is 12.0 Å². The van der Waals surface area contributed by atoms with E-state index in [1.807, 2.05) is 19.0 Å². The molecule has 4 aliphatic heterocycles. The Kier molecular flexibility index (Phi) is 4.46. The van der Waals surface area contributed by atoms with E-state index in [-0.39, 0.29) is 29.3 Å². The van der Waals surface area contributed by atoms with Crippen LogP contribution in [0.4, 0.5) is 0 Å². The molecule has 0 aromatic heterocycles. The molecule has 0 radical (unpaired) electrons. The van der Waals surface area contributed by atoms with Crippen molar-refractivity contribution in [1.29, 1.82) is 0 Å². The highest BCUT2D eigenvalue weighted by Crippen LogP contribution is 2.65.